The molecule has 3 nitrogen and oxygen atoms in total. The summed E-state index contributed by atoms with van der Waals surface area (Å²) in [7, 11) is -3.72. The number of halogens is 2. The predicted molar refractivity (Wildman–Crippen MR) is 37.5 cm³/mol. The van der Waals surface area contributed by atoms with Crippen LogP contribution in [0.5, 0.6) is 0 Å². The molecule has 0 saturated carbocycles. The van der Waals surface area contributed by atoms with Gasteiger partial charge in [0.2, 0.25) is 0 Å². The average molecular weight is 225 g/mol. The van der Waals surface area contributed by atoms with Gasteiger partial charge in [0.25, 0.3) is 10.1 Å². The monoisotopic (exact) mass is 224 g/mol. The second kappa shape index (κ2) is 4.55. The number of rotatable bonds is 2. The maximum Gasteiger partial charge on any atom is 0.265 e. The van der Waals surface area contributed by atoms with E-state index < -0.39 is 10.1 Å². The SMILES string of the molecule is Cl.O=S(=O)(O)CCBr. The van der Waals surface area contributed by atoms with Gasteiger partial charge in [-0.2, -0.15) is 8.42 Å². The molecule has 0 spiro atoms. The molecule has 0 rings (SSSR count). The van der Waals surface area contributed by atoms with Gasteiger partial charge in [-0.3, -0.25) is 4.55 Å². The molecule has 0 aromatic heterocycles. The van der Waals surface area contributed by atoms with Crippen LogP contribution >= 0.6 is 28.3 Å². The Morgan fingerprint density at radius 1 is 1.50 bits per heavy atom. The van der Waals surface area contributed by atoms with Gasteiger partial charge >= 0.3 is 0 Å². The van der Waals surface area contributed by atoms with E-state index in [-0.39, 0.29) is 23.5 Å². The summed E-state index contributed by atoms with van der Waals surface area (Å²) in [4.78, 5) is 0. The van der Waals surface area contributed by atoms with Crippen LogP contribution < -0.4 is 0 Å². The fraction of sp³-hybridized carbons (Fsp3) is 1.00. The smallest absolute Gasteiger partial charge is 0.265 e. The Kier molecular flexibility index (Phi) is 6.52. The van der Waals surface area contributed by atoms with E-state index in [2.05, 4.69) is 15.9 Å². The summed E-state index contributed by atoms with van der Waals surface area (Å²) in [5, 5.41) is 0.284. The quantitative estimate of drug-likeness (QED) is 0.556. The lowest BCUT2D eigenvalue weighted by Gasteiger charge is -1.84. The van der Waals surface area contributed by atoms with Crippen LogP contribution in [0, 0.1) is 0 Å². The van der Waals surface area contributed by atoms with E-state index >= 15 is 0 Å². The molecule has 0 heterocycles. The van der Waals surface area contributed by atoms with Crippen molar-refractivity contribution in [2.45, 2.75) is 0 Å². The first-order valence-electron chi connectivity index (χ1n) is 1.57. The lowest BCUT2D eigenvalue weighted by atomic mass is 11.0. The van der Waals surface area contributed by atoms with E-state index in [9.17, 15) is 8.42 Å². The fourth-order valence-corrected chi connectivity index (χ4v) is 1.52. The van der Waals surface area contributed by atoms with Gasteiger partial charge in [-0.1, -0.05) is 15.9 Å². The highest BCUT2D eigenvalue weighted by Gasteiger charge is 1.99. The summed E-state index contributed by atoms with van der Waals surface area (Å²) < 4.78 is 27.5. The standard InChI is InChI=1S/C2H5BrO3S.ClH/c3-1-2-7(4,5)6;/h1-2H2,(H,4,5,6);1H. The topological polar surface area (TPSA) is 54.4 Å². The van der Waals surface area contributed by atoms with Gasteiger partial charge in [-0.05, 0) is 0 Å². The lowest BCUT2D eigenvalue weighted by Crippen LogP contribution is -2.03. The molecule has 0 saturated heterocycles. The maximum atomic E-state index is 9.76. The molecule has 6 heteroatoms. The molecule has 8 heavy (non-hydrogen) atoms. The zero-order valence-electron chi connectivity index (χ0n) is 3.87. The van der Waals surface area contributed by atoms with Crippen LogP contribution in [0.3, 0.4) is 0 Å². The van der Waals surface area contributed by atoms with Gasteiger partial charge in [0.1, 0.15) is 0 Å². The van der Waals surface area contributed by atoms with Crippen molar-refractivity contribution in [1.29, 1.82) is 0 Å². The van der Waals surface area contributed by atoms with Crippen LogP contribution in [0.1, 0.15) is 0 Å². The van der Waals surface area contributed by atoms with Crippen molar-refractivity contribution >= 4 is 38.5 Å². The van der Waals surface area contributed by atoms with E-state index in [1.54, 1.807) is 0 Å². The second-order valence-corrected chi connectivity index (χ2v) is 3.34. The Labute approximate surface area is 62.8 Å². The molecular formula is C2H6BrClO3S. The molecule has 52 valence electrons. The summed E-state index contributed by atoms with van der Waals surface area (Å²) in [6.07, 6.45) is 0. The van der Waals surface area contributed by atoms with Crippen LogP contribution in [0.4, 0.5) is 0 Å². The molecule has 0 aliphatic heterocycles. The average Bonchev–Trinajstić information content (AvgIpc) is 1.30. The van der Waals surface area contributed by atoms with Crippen molar-refractivity contribution in [3.05, 3.63) is 0 Å². The van der Waals surface area contributed by atoms with Crippen LogP contribution in [-0.4, -0.2) is 24.1 Å². The fourth-order valence-electron chi connectivity index (χ4n) is 0.0975. The molecule has 0 aliphatic carbocycles. The molecule has 0 radical (unpaired) electrons. The third-order valence-electron chi connectivity index (χ3n) is 0.335. The van der Waals surface area contributed by atoms with Gasteiger partial charge in [0.05, 0.1) is 5.75 Å². The largest absolute Gasteiger partial charge is 0.286 e. The summed E-state index contributed by atoms with van der Waals surface area (Å²) in [6.45, 7) is 0. The zero-order chi connectivity index (χ0) is 5.91. The van der Waals surface area contributed by atoms with Gasteiger partial charge in [-0.15, -0.1) is 12.4 Å². The first-order valence-corrected chi connectivity index (χ1v) is 4.30. The minimum absolute atomic E-state index is 0. The van der Waals surface area contributed by atoms with E-state index in [4.69, 9.17) is 4.55 Å². The molecular weight excluding hydrogens is 219 g/mol. The van der Waals surface area contributed by atoms with Crippen molar-refractivity contribution in [1.82, 2.24) is 0 Å². The van der Waals surface area contributed by atoms with Crippen LogP contribution in [0.25, 0.3) is 0 Å². The maximum absolute atomic E-state index is 9.76. The van der Waals surface area contributed by atoms with Crippen LogP contribution in [0.2, 0.25) is 0 Å². The second-order valence-electron chi connectivity index (χ2n) is 0.975. The Morgan fingerprint density at radius 3 is 1.88 bits per heavy atom. The third kappa shape index (κ3) is 9.84. The van der Waals surface area contributed by atoms with E-state index in [0.29, 0.717) is 0 Å². The van der Waals surface area contributed by atoms with Gasteiger partial charge < -0.3 is 0 Å². The minimum atomic E-state index is -3.72. The molecule has 0 atom stereocenters. The van der Waals surface area contributed by atoms with Crippen LogP contribution in [-0.2, 0) is 10.1 Å². The van der Waals surface area contributed by atoms with Crippen molar-refractivity contribution < 1.29 is 13.0 Å². The molecule has 0 aliphatic rings. The van der Waals surface area contributed by atoms with Crippen molar-refractivity contribution in [3.63, 3.8) is 0 Å². The molecule has 0 aromatic carbocycles. The molecule has 1 N–H and O–H groups in total. The summed E-state index contributed by atoms with van der Waals surface area (Å²) in [5.41, 5.74) is 0. The Morgan fingerprint density at radius 2 is 1.88 bits per heavy atom. The van der Waals surface area contributed by atoms with Crippen molar-refractivity contribution in [2.75, 3.05) is 11.1 Å². The molecule has 0 bridgehead atoms. The molecule has 0 amide bonds. The summed E-state index contributed by atoms with van der Waals surface area (Å²) in [6, 6.07) is 0. The highest BCUT2D eigenvalue weighted by Crippen LogP contribution is 1.85. The number of hydrogen-bond acceptors (Lipinski definition) is 2. The normalized spacial score (nSPS) is 10.2. The van der Waals surface area contributed by atoms with E-state index in [1.807, 2.05) is 0 Å². The van der Waals surface area contributed by atoms with Crippen molar-refractivity contribution in [3.8, 4) is 0 Å². The number of hydrogen-bond donors (Lipinski definition) is 1. The van der Waals surface area contributed by atoms with E-state index in [1.165, 1.54) is 0 Å². The van der Waals surface area contributed by atoms with Gasteiger partial charge in [-0.25, -0.2) is 0 Å². The summed E-state index contributed by atoms with van der Waals surface area (Å²) in [5.74, 6) is -0.215. The Bertz CT molecular complexity index is 130. The molecule has 0 fully saturated rings. The minimum Gasteiger partial charge on any atom is -0.286 e. The summed E-state index contributed by atoms with van der Waals surface area (Å²) >= 11 is 2.85. The van der Waals surface area contributed by atoms with E-state index in [0.717, 1.165) is 0 Å². The Balaban J connectivity index is 0. The number of alkyl halides is 1. The van der Waals surface area contributed by atoms with Crippen molar-refractivity contribution in [2.24, 2.45) is 0 Å². The first-order chi connectivity index (χ1) is 3.06. The first kappa shape index (κ1) is 11.5. The lowest BCUT2D eigenvalue weighted by molar-refractivity contribution is 0.485. The molecule has 0 unspecified atom stereocenters. The zero-order valence-corrected chi connectivity index (χ0v) is 7.09. The Hall–Kier alpha value is 0.680. The third-order valence-corrected chi connectivity index (χ3v) is 1.98. The predicted octanol–water partition coefficient (Wildman–Crippen LogP) is 0.691. The highest BCUT2D eigenvalue weighted by atomic mass is 79.9. The van der Waals surface area contributed by atoms with Crippen LogP contribution in [0.15, 0.2) is 0 Å². The van der Waals surface area contributed by atoms with Gasteiger partial charge in [0, 0.05) is 5.33 Å². The molecule has 0 aromatic rings. The highest BCUT2D eigenvalue weighted by molar-refractivity contribution is 9.09. The van der Waals surface area contributed by atoms with Gasteiger partial charge in [0.15, 0.2) is 0 Å².